The topological polar surface area (TPSA) is 40.5 Å². The maximum absolute atomic E-state index is 13.3. The van der Waals surface area contributed by atoms with Gasteiger partial charge in [0, 0.05) is 10.6 Å². The van der Waals surface area contributed by atoms with Crippen molar-refractivity contribution in [2.24, 2.45) is 0 Å². The maximum Gasteiger partial charge on any atom is 0.130 e. The van der Waals surface area contributed by atoms with Crippen molar-refractivity contribution in [3.63, 3.8) is 0 Å². The van der Waals surface area contributed by atoms with E-state index in [1.807, 2.05) is 0 Å². The van der Waals surface area contributed by atoms with E-state index in [1.165, 1.54) is 26.0 Å². The zero-order chi connectivity index (χ0) is 10.9. The van der Waals surface area contributed by atoms with E-state index in [0.717, 1.165) is 6.07 Å². The van der Waals surface area contributed by atoms with E-state index in [0.29, 0.717) is 0 Å². The minimum atomic E-state index is -1.38. The molecular formula is C10H12ClFO2. The fourth-order valence-electron chi connectivity index (χ4n) is 1.10. The molecule has 1 unspecified atom stereocenters. The molecule has 0 saturated heterocycles. The zero-order valence-corrected chi connectivity index (χ0v) is 8.72. The molecule has 0 radical (unpaired) electrons. The van der Waals surface area contributed by atoms with Crippen molar-refractivity contribution in [1.82, 2.24) is 0 Å². The Kier molecular flexibility index (Phi) is 3.14. The molecule has 78 valence electrons. The normalized spacial score (nSPS) is 14.1. The van der Waals surface area contributed by atoms with Crippen LogP contribution >= 0.6 is 11.6 Å². The molecule has 2 nitrogen and oxygen atoms in total. The van der Waals surface area contributed by atoms with Crippen LogP contribution in [0.2, 0.25) is 5.02 Å². The first-order valence-corrected chi connectivity index (χ1v) is 4.55. The minimum Gasteiger partial charge on any atom is -0.387 e. The number of aliphatic hydroxyl groups is 2. The molecule has 0 aliphatic carbocycles. The van der Waals surface area contributed by atoms with E-state index >= 15 is 0 Å². The van der Waals surface area contributed by atoms with Crippen LogP contribution in [0.1, 0.15) is 25.5 Å². The molecule has 0 saturated carbocycles. The predicted molar refractivity (Wildman–Crippen MR) is 52.7 cm³/mol. The molecule has 0 aromatic heterocycles. The fraction of sp³-hybridized carbons (Fsp3) is 0.400. The molecule has 1 aromatic rings. The van der Waals surface area contributed by atoms with Gasteiger partial charge in [-0.3, -0.25) is 0 Å². The molecule has 1 rings (SSSR count). The van der Waals surface area contributed by atoms with Gasteiger partial charge in [-0.15, -0.1) is 0 Å². The Morgan fingerprint density at radius 1 is 1.43 bits per heavy atom. The third-order valence-electron chi connectivity index (χ3n) is 1.93. The molecule has 1 aromatic carbocycles. The SMILES string of the molecule is CC(C)(O)C(O)c1ccc(Cl)cc1F. The number of hydrogen-bond donors (Lipinski definition) is 2. The second kappa shape index (κ2) is 3.85. The van der Waals surface area contributed by atoms with Crippen molar-refractivity contribution < 1.29 is 14.6 Å². The molecule has 0 fully saturated rings. The largest absolute Gasteiger partial charge is 0.387 e. The average molecular weight is 219 g/mol. The van der Waals surface area contributed by atoms with Crippen LogP contribution < -0.4 is 0 Å². The molecule has 1 atom stereocenters. The van der Waals surface area contributed by atoms with Crippen molar-refractivity contribution in [1.29, 1.82) is 0 Å². The number of halogens is 2. The third-order valence-corrected chi connectivity index (χ3v) is 2.16. The van der Waals surface area contributed by atoms with E-state index in [9.17, 15) is 14.6 Å². The van der Waals surface area contributed by atoms with E-state index < -0.39 is 17.5 Å². The van der Waals surface area contributed by atoms with E-state index in [-0.39, 0.29) is 10.6 Å². The Hall–Kier alpha value is -0.640. The number of benzene rings is 1. The third kappa shape index (κ3) is 2.44. The number of aliphatic hydroxyl groups excluding tert-OH is 1. The molecule has 0 aliphatic heterocycles. The van der Waals surface area contributed by atoms with Gasteiger partial charge in [-0.25, -0.2) is 4.39 Å². The van der Waals surface area contributed by atoms with Crippen LogP contribution in [0.5, 0.6) is 0 Å². The lowest BCUT2D eigenvalue weighted by molar-refractivity contribution is -0.0512. The molecule has 14 heavy (non-hydrogen) atoms. The Labute approximate surface area is 86.9 Å². The summed E-state index contributed by atoms with van der Waals surface area (Å²) in [7, 11) is 0. The van der Waals surface area contributed by atoms with Crippen LogP contribution in [0.25, 0.3) is 0 Å². The van der Waals surface area contributed by atoms with Crippen molar-refractivity contribution in [2.75, 3.05) is 0 Å². The molecule has 0 bridgehead atoms. The summed E-state index contributed by atoms with van der Waals surface area (Å²) in [5, 5.41) is 19.3. The summed E-state index contributed by atoms with van der Waals surface area (Å²) in [4.78, 5) is 0. The fourth-order valence-corrected chi connectivity index (χ4v) is 1.26. The number of hydrogen-bond acceptors (Lipinski definition) is 2. The highest BCUT2D eigenvalue weighted by atomic mass is 35.5. The second-order valence-corrected chi connectivity index (χ2v) is 4.16. The monoisotopic (exact) mass is 218 g/mol. The van der Waals surface area contributed by atoms with Crippen molar-refractivity contribution in [3.05, 3.63) is 34.6 Å². The highest BCUT2D eigenvalue weighted by molar-refractivity contribution is 6.30. The predicted octanol–water partition coefficient (Wildman–Crippen LogP) is 2.28. The summed E-state index contributed by atoms with van der Waals surface area (Å²) in [5.41, 5.74) is -1.34. The van der Waals surface area contributed by atoms with Crippen molar-refractivity contribution in [2.45, 2.75) is 25.6 Å². The Balaban J connectivity index is 3.08. The number of rotatable bonds is 2. The van der Waals surface area contributed by atoms with Gasteiger partial charge in [0.05, 0.1) is 5.60 Å². The molecule has 2 N–H and O–H groups in total. The molecule has 0 heterocycles. The van der Waals surface area contributed by atoms with Crippen LogP contribution in [0, 0.1) is 5.82 Å². The lowest BCUT2D eigenvalue weighted by Crippen LogP contribution is -2.29. The van der Waals surface area contributed by atoms with Crippen LogP contribution in [0.4, 0.5) is 4.39 Å². The summed E-state index contributed by atoms with van der Waals surface area (Å²) in [6.45, 7) is 2.82. The molecule has 4 heteroatoms. The quantitative estimate of drug-likeness (QED) is 0.800. The summed E-state index contributed by atoms with van der Waals surface area (Å²) in [5.74, 6) is -0.618. The zero-order valence-electron chi connectivity index (χ0n) is 7.96. The van der Waals surface area contributed by atoms with Gasteiger partial charge >= 0.3 is 0 Å². The highest BCUT2D eigenvalue weighted by Gasteiger charge is 2.28. The Morgan fingerprint density at radius 2 is 2.00 bits per heavy atom. The van der Waals surface area contributed by atoms with Gasteiger partial charge in [0.1, 0.15) is 11.9 Å². The van der Waals surface area contributed by atoms with Crippen LogP contribution in [-0.4, -0.2) is 15.8 Å². The first kappa shape index (κ1) is 11.4. The molecule has 0 aliphatic rings. The van der Waals surface area contributed by atoms with Gasteiger partial charge in [0.2, 0.25) is 0 Å². The average Bonchev–Trinajstić information content (AvgIpc) is 2.01. The summed E-state index contributed by atoms with van der Waals surface area (Å²) in [6, 6.07) is 3.93. The van der Waals surface area contributed by atoms with Crippen LogP contribution in [0.3, 0.4) is 0 Å². The first-order chi connectivity index (χ1) is 6.32. The van der Waals surface area contributed by atoms with E-state index in [2.05, 4.69) is 0 Å². The van der Waals surface area contributed by atoms with Gasteiger partial charge in [-0.05, 0) is 26.0 Å². The standard InChI is InChI=1S/C10H12ClFO2/c1-10(2,14)9(13)7-4-3-6(11)5-8(7)12/h3-5,9,13-14H,1-2H3. The van der Waals surface area contributed by atoms with Crippen molar-refractivity contribution in [3.8, 4) is 0 Å². The summed E-state index contributed by atoms with van der Waals surface area (Å²) in [6.07, 6.45) is -1.26. The minimum absolute atomic E-state index is 0.0434. The van der Waals surface area contributed by atoms with E-state index in [4.69, 9.17) is 11.6 Å². The maximum atomic E-state index is 13.3. The van der Waals surface area contributed by atoms with Crippen molar-refractivity contribution >= 4 is 11.6 Å². The lowest BCUT2D eigenvalue weighted by atomic mass is 9.94. The van der Waals surface area contributed by atoms with Crippen LogP contribution in [-0.2, 0) is 0 Å². The smallest absolute Gasteiger partial charge is 0.130 e. The summed E-state index contributed by atoms with van der Waals surface area (Å²) >= 11 is 5.55. The first-order valence-electron chi connectivity index (χ1n) is 4.18. The Bertz CT molecular complexity index is 333. The van der Waals surface area contributed by atoms with Gasteiger partial charge in [0.25, 0.3) is 0 Å². The second-order valence-electron chi connectivity index (χ2n) is 3.72. The molecule has 0 spiro atoms. The summed E-state index contributed by atoms with van der Waals surface area (Å²) < 4.78 is 13.3. The Morgan fingerprint density at radius 3 is 2.43 bits per heavy atom. The molecule has 0 amide bonds. The van der Waals surface area contributed by atoms with Gasteiger partial charge < -0.3 is 10.2 Å². The van der Waals surface area contributed by atoms with Gasteiger partial charge in [-0.2, -0.15) is 0 Å². The van der Waals surface area contributed by atoms with Crippen LogP contribution in [0.15, 0.2) is 18.2 Å². The lowest BCUT2D eigenvalue weighted by Gasteiger charge is -2.25. The molecular weight excluding hydrogens is 207 g/mol. The van der Waals surface area contributed by atoms with E-state index in [1.54, 1.807) is 0 Å². The van der Waals surface area contributed by atoms with Gasteiger partial charge in [-0.1, -0.05) is 17.7 Å². The highest BCUT2D eigenvalue weighted by Crippen LogP contribution is 2.28. The van der Waals surface area contributed by atoms with Gasteiger partial charge in [0.15, 0.2) is 0 Å².